The van der Waals surface area contributed by atoms with Crippen molar-refractivity contribution in [2.24, 2.45) is 5.73 Å². The lowest BCUT2D eigenvalue weighted by Gasteiger charge is -2.20. The number of phosphoric ester groups is 1. The number of carbonyl (C=O) groups excluding carboxylic acids is 1. The zero-order valence-electron chi connectivity index (χ0n) is 33.6. The molecule has 0 aliphatic carbocycles. The third kappa shape index (κ3) is 38.3. The van der Waals surface area contributed by atoms with E-state index in [9.17, 15) is 19.0 Å². The number of hydrogen-bond donors (Lipinski definition) is 3. The molecule has 0 bridgehead atoms. The maximum absolute atomic E-state index is 12.6. The molecule has 10 nitrogen and oxygen atoms in total. The maximum atomic E-state index is 12.6. The van der Waals surface area contributed by atoms with E-state index in [0.29, 0.717) is 13.0 Å². The summed E-state index contributed by atoms with van der Waals surface area (Å²) < 4.78 is 33.3. The molecule has 0 spiro atoms. The summed E-state index contributed by atoms with van der Waals surface area (Å²) in [5.41, 5.74) is 5.35. The Kier molecular flexibility index (Phi) is 37.2. The third-order valence-electron chi connectivity index (χ3n) is 8.89. The molecule has 0 aromatic rings. The molecule has 0 saturated heterocycles. The second-order valence-corrected chi connectivity index (χ2v) is 15.6. The van der Waals surface area contributed by atoms with E-state index in [4.69, 9.17) is 29.4 Å². The number of aliphatic carboxylic acids is 1. The van der Waals surface area contributed by atoms with Crippen molar-refractivity contribution in [1.82, 2.24) is 0 Å². The quantitative estimate of drug-likeness (QED) is 0.0237. The summed E-state index contributed by atoms with van der Waals surface area (Å²) in [6.45, 7) is 3.82. The number of carbonyl (C=O) groups is 2. The first-order chi connectivity index (χ1) is 25.7. The van der Waals surface area contributed by atoms with Gasteiger partial charge in [0.05, 0.1) is 19.8 Å². The van der Waals surface area contributed by atoms with Gasteiger partial charge >= 0.3 is 19.8 Å². The van der Waals surface area contributed by atoms with Gasteiger partial charge in [0.1, 0.15) is 12.1 Å². The largest absolute Gasteiger partial charge is 0.480 e. The van der Waals surface area contributed by atoms with Gasteiger partial charge in [-0.15, -0.1) is 0 Å². The molecule has 53 heavy (non-hydrogen) atoms. The summed E-state index contributed by atoms with van der Waals surface area (Å²) in [6, 6.07) is -1.47. The number of allylic oxidation sites excluding steroid dienone is 6. The van der Waals surface area contributed by atoms with Crippen LogP contribution in [-0.2, 0) is 32.7 Å². The Morgan fingerprint density at radius 2 is 1.04 bits per heavy atom. The SMILES string of the molecule is CCCCC/C=C\CCCCCCCCOCC(COP(=O)(O)OCC(N)C(=O)O)OC(=O)CCCCCCCCC/C=C\C/C=C\CCCCCC. The maximum Gasteiger partial charge on any atom is 0.472 e. The number of rotatable bonds is 40. The van der Waals surface area contributed by atoms with Crippen LogP contribution < -0.4 is 5.73 Å². The highest BCUT2D eigenvalue weighted by Crippen LogP contribution is 2.43. The Balaban J connectivity index is 4.27. The van der Waals surface area contributed by atoms with Crippen molar-refractivity contribution in [3.63, 3.8) is 0 Å². The molecule has 0 aliphatic heterocycles. The number of esters is 1. The minimum absolute atomic E-state index is 0.00991. The number of carboxylic acids is 1. The highest BCUT2D eigenvalue weighted by Gasteiger charge is 2.27. The normalized spacial score (nSPS) is 14.3. The van der Waals surface area contributed by atoms with Crippen LogP contribution in [0.1, 0.15) is 181 Å². The molecule has 11 heteroatoms. The summed E-state index contributed by atoms with van der Waals surface area (Å²) in [7, 11) is -4.62. The van der Waals surface area contributed by atoms with Crippen LogP contribution in [0.3, 0.4) is 0 Å². The topological polar surface area (TPSA) is 155 Å². The number of carboxylic acid groups (broad SMARTS) is 1. The zero-order chi connectivity index (χ0) is 39.1. The van der Waals surface area contributed by atoms with Crippen molar-refractivity contribution in [1.29, 1.82) is 0 Å². The van der Waals surface area contributed by atoms with E-state index in [-0.39, 0.29) is 13.0 Å². The Labute approximate surface area is 323 Å². The van der Waals surface area contributed by atoms with Gasteiger partial charge in [0.15, 0.2) is 0 Å². The average Bonchev–Trinajstić information content (AvgIpc) is 3.13. The zero-order valence-corrected chi connectivity index (χ0v) is 34.5. The first-order valence-corrected chi connectivity index (χ1v) is 22.5. The second kappa shape index (κ2) is 38.5. The van der Waals surface area contributed by atoms with E-state index in [1.165, 1.54) is 96.3 Å². The van der Waals surface area contributed by atoms with E-state index in [1.807, 2.05) is 0 Å². The summed E-state index contributed by atoms with van der Waals surface area (Å²) in [5.74, 6) is -1.79. The molecular weight excluding hydrogens is 693 g/mol. The molecule has 3 unspecified atom stereocenters. The van der Waals surface area contributed by atoms with Gasteiger partial charge in [-0.2, -0.15) is 0 Å². The minimum Gasteiger partial charge on any atom is -0.480 e. The Bertz CT molecular complexity index is 988. The van der Waals surface area contributed by atoms with Gasteiger partial charge in [0.25, 0.3) is 0 Å². The van der Waals surface area contributed by atoms with Crippen LogP contribution in [-0.4, -0.2) is 60.5 Å². The van der Waals surface area contributed by atoms with Gasteiger partial charge in [0, 0.05) is 13.0 Å². The molecule has 0 amide bonds. The predicted octanol–water partition coefficient (Wildman–Crippen LogP) is 11.3. The van der Waals surface area contributed by atoms with Crippen LogP contribution in [0, 0.1) is 0 Å². The first-order valence-electron chi connectivity index (χ1n) is 21.0. The van der Waals surface area contributed by atoms with Crippen molar-refractivity contribution in [2.45, 2.75) is 193 Å². The average molecular weight is 772 g/mol. The molecule has 0 aromatic carbocycles. The monoisotopic (exact) mass is 772 g/mol. The van der Waals surface area contributed by atoms with E-state index in [2.05, 4.69) is 50.3 Å². The van der Waals surface area contributed by atoms with E-state index < -0.39 is 45.1 Å². The molecule has 310 valence electrons. The molecule has 0 heterocycles. The van der Waals surface area contributed by atoms with Crippen LogP contribution in [0.15, 0.2) is 36.5 Å². The van der Waals surface area contributed by atoms with Crippen LogP contribution in [0.5, 0.6) is 0 Å². The van der Waals surface area contributed by atoms with Gasteiger partial charge < -0.3 is 25.2 Å². The lowest BCUT2D eigenvalue weighted by Crippen LogP contribution is -2.34. The van der Waals surface area contributed by atoms with Gasteiger partial charge in [-0.3, -0.25) is 18.6 Å². The van der Waals surface area contributed by atoms with E-state index in [1.54, 1.807) is 0 Å². The van der Waals surface area contributed by atoms with E-state index >= 15 is 0 Å². The first kappa shape index (κ1) is 51.2. The highest BCUT2D eigenvalue weighted by molar-refractivity contribution is 7.47. The fourth-order valence-corrected chi connectivity index (χ4v) is 6.35. The van der Waals surface area contributed by atoms with Crippen molar-refractivity contribution >= 4 is 19.8 Å². The van der Waals surface area contributed by atoms with Crippen LogP contribution in [0.25, 0.3) is 0 Å². The van der Waals surface area contributed by atoms with Crippen LogP contribution >= 0.6 is 7.82 Å². The van der Waals surface area contributed by atoms with Crippen molar-refractivity contribution in [2.75, 3.05) is 26.4 Å². The number of ether oxygens (including phenoxy) is 2. The highest BCUT2D eigenvalue weighted by atomic mass is 31.2. The van der Waals surface area contributed by atoms with Crippen LogP contribution in [0.4, 0.5) is 0 Å². The molecule has 4 N–H and O–H groups in total. The van der Waals surface area contributed by atoms with Gasteiger partial charge in [0.2, 0.25) is 0 Å². The third-order valence-corrected chi connectivity index (χ3v) is 9.84. The Morgan fingerprint density at radius 3 is 1.58 bits per heavy atom. The smallest absolute Gasteiger partial charge is 0.472 e. The standard InChI is InChI=1S/C42H78NO9P/c1-3-5-7-9-11-13-15-17-18-19-20-21-22-24-26-28-30-32-34-41(44)52-39(37-50-53(47,48)51-38-40(43)42(45)46)36-49-35-33-31-29-27-25-23-16-14-12-10-8-6-4-2/h12-15,18-19,39-40H,3-11,16-17,20-38,43H2,1-2H3,(H,45,46)(H,47,48)/b14-12-,15-13-,19-18-. The summed E-state index contributed by atoms with van der Waals surface area (Å²) >= 11 is 0. The molecule has 0 radical (unpaired) electrons. The summed E-state index contributed by atoms with van der Waals surface area (Å²) in [4.78, 5) is 33.5. The van der Waals surface area contributed by atoms with Crippen molar-refractivity contribution < 1.29 is 42.7 Å². The molecule has 0 saturated carbocycles. The van der Waals surface area contributed by atoms with Crippen molar-refractivity contribution in [3.8, 4) is 0 Å². The van der Waals surface area contributed by atoms with Crippen LogP contribution in [0.2, 0.25) is 0 Å². The summed E-state index contributed by atoms with van der Waals surface area (Å²) in [6.07, 6.45) is 41.9. The molecule has 0 aromatic heterocycles. The fraction of sp³-hybridized carbons (Fsp3) is 0.810. The lowest BCUT2D eigenvalue weighted by atomic mass is 10.1. The number of nitrogens with two attached hydrogens (primary N) is 1. The van der Waals surface area contributed by atoms with Gasteiger partial charge in [-0.05, 0) is 70.6 Å². The second-order valence-electron chi connectivity index (χ2n) is 14.1. The number of hydrogen-bond acceptors (Lipinski definition) is 8. The van der Waals surface area contributed by atoms with E-state index in [0.717, 1.165) is 57.8 Å². The molecule has 0 fully saturated rings. The fourth-order valence-electron chi connectivity index (χ4n) is 5.57. The molecule has 0 rings (SSSR count). The minimum atomic E-state index is -4.62. The Morgan fingerprint density at radius 1 is 0.604 bits per heavy atom. The molecule has 0 aliphatic rings. The number of unbranched alkanes of at least 4 members (excludes halogenated alkanes) is 20. The number of phosphoric acid groups is 1. The van der Waals surface area contributed by atoms with Crippen molar-refractivity contribution in [3.05, 3.63) is 36.5 Å². The summed E-state index contributed by atoms with van der Waals surface area (Å²) in [5, 5.41) is 8.88. The Hall–Kier alpha value is -1.81. The lowest BCUT2D eigenvalue weighted by molar-refractivity contribution is -0.154. The molecule has 3 atom stereocenters. The van der Waals surface area contributed by atoms with Gasteiger partial charge in [-0.25, -0.2) is 4.57 Å². The van der Waals surface area contributed by atoms with Gasteiger partial charge in [-0.1, -0.05) is 140 Å². The molecular formula is C42H78NO9P. The predicted molar refractivity (Wildman–Crippen MR) is 217 cm³/mol.